The highest BCUT2D eigenvalue weighted by atomic mass is 16.6. The summed E-state index contributed by atoms with van der Waals surface area (Å²) in [6, 6.07) is 30.6. The van der Waals surface area contributed by atoms with Crippen LogP contribution in [0.15, 0.2) is 103 Å². The number of amides is 2. The molecule has 1 N–H and O–H groups in total. The summed E-state index contributed by atoms with van der Waals surface area (Å²) in [6.45, 7) is 2.30. The second-order valence-electron chi connectivity index (χ2n) is 9.29. The van der Waals surface area contributed by atoms with Gasteiger partial charge in [-0.1, -0.05) is 72.3 Å². The Bertz CT molecular complexity index is 1420. The summed E-state index contributed by atoms with van der Waals surface area (Å²) in [6.07, 6.45) is -0.928. The fourth-order valence-corrected chi connectivity index (χ4v) is 4.48. The van der Waals surface area contributed by atoms with Gasteiger partial charge in [-0.2, -0.15) is 0 Å². The van der Waals surface area contributed by atoms with Gasteiger partial charge in [-0.05, 0) is 54.4 Å². The fraction of sp³-hybridized carbons (Fsp3) is 0.188. The number of nitrogens with one attached hydrogen (secondary N) is 1. The first-order valence-corrected chi connectivity index (χ1v) is 12.8. The van der Waals surface area contributed by atoms with Crippen molar-refractivity contribution in [2.75, 3.05) is 18.6 Å². The van der Waals surface area contributed by atoms with Gasteiger partial charge in [0.2, 0.25) is 12.0 Å². The minimum Gasteiger partial charge on any atom is -0.497 e. The van der Waals surface area contributed by atoms with Gasteiger partial charge in [0, 0.05) is 12.2 Å². The SMILES string of the molecule is COc1ccc(CNC(=O)[C@@H](c2ccc(C)cc2)N(C(=O)[C@H]2COc3ccccc3O2)c2ccccc2)cc1. The van der Waals surface area contributed by atoms with Crippen molar-refractivity contribution in [3.8, 4) is 17.2 Å². The van der Waals surface area contributed by atoms with Crippen molar-refractivity contribution in [3.05, 3.63) is 120 Å². The normalized spacial score (nSPS) is 14.7. The third kappa shape index (κ3) is 5.88. The smallest absolute Gasteiger partial charge is 0.272 e. The third-order valence-electron chi connectivity index (χ3n) is 6.58. The zero-order valence-corrected chi connectivity index (χ0v) is 21.9. The van der Waals surface area contributed by atoms with E-state index in [1.807, 2.05) is 97.9 Å². The molecule has 0 spiro atoms. The number of nitrogens with zero attached hydrogens (tertiary/aromatic N) is 1. The van der Waals surface area contributed by atoms with Gasteiger partial charge >= 0.3 is 0 Å². The number of rotatable bonds is 8. The van der Waals surface area contributed by atoms with Gasteiger partial charge in [-0.15, -0.1) is 0 Å². The molecule has 0 saturated heterocycles. The van der Waals surface area contributed by atoms with Gasteiger partial charge in [0.15, 0.2) is 11.5 Å². The predicted molar refractivity (Wildman–Crippen MR) is 149 cm³/mol. The maximum absolute atomic E-state index is 14.2. The minimum absolute atomic E-state index is 0.0350. The van der Waals surface area contributed by atoms with Crippen LogP contribution in [0.3, 0.4) is 0 Å². The molecule has 39 heavy (non-hydrogen) atoms. The number of aryl methyl sites for hydroxylation is 1. The Morgan fingerprint density at radius 3 is 2.26 bits per heavy atom. The van der Waals surface area contributed by atoms with E-state index in [0.717, 1.165) is 16.9 Å². The lowest BCUT2D eigenvalue weighted by atomic mass is 10.0. The molecule has 0 unspecified atom stereocenters. The van der Waals surface area contributed by atoms with Crippen LogP contribution in [0.2, 0.25) is 0 Å². The molecule has 7 nitrogen and oxygen atoms in total. The molecule has 1 heterocycles. The summed E-state index contributed by atoms with van der Waals surface area (Å²) in [7, 11) is 1.61. The molecule has 5 rings (SSSR count). The highest BCUT2D eigenvalue weighted by Gasteiger charge is 2.39. The van der Waals surface area contributed by atoms with Crippen molar-refractivity contribution < 1.29 is 23.8 Å². The maximum Gasteiger partial charge on any atom is 0.272 e. The third-order valence-corrected chi connectivity index (χ3v) is 6.58. The second-order valence-corrected chi connectivity index (χ2v) is 9.29. The summed E-state index contributed by atoms with van der Waals surface area (Å²) >= 11 is 0. The Kier molecular flexibility index (Phi) is 7.78. The molecule has 0 aromatic heterocycles. The summed E-state index contributed by atoms with van der Waals surface area (Å²) < 4.78 is 17.2. The van der Waals surface area contributed by atoms with Crippen LogP contribution in [0, 0.1) is 6.92 Å². The average molecular weight is 523 g/mol. The van der Waals surface area contributed by atoms with E-state index in [1.54, 1.807) is 19.2 Å². The first-order chi connectivity index (χ1) is 19.0. The molecule has 4 aromatic carbocycles. The van der Waals surface area contributed by atoms with Gasteiger partial charge in [0.05, 0.1) is 7.11 Å². The molecule has 7 heteroatoms. The lowest BCUT2D eigenvalue weighted by molar-refractivity contribution is -0.131. The van der Waals surface area contributed by atoms with Gasteiger partial charge in [0.1, 0.15) is 18.4 Å². The first kappa shape index (κ1) is 25.9. The average Bonchev–Trinajstić information content (AvgIpc) is 2.99. The topological polar surface area (TPSA) is 77.1 Å². The van der Waals surface area contributed by atoms with Crippen molar-refractivity contribution in [1.82, 2.24) is 5.32 Å². The van der Waals surface area contributed by atoms with Crippen molar-refractivity contribution in [3.63, 3.8) is 0 Å². The Morgan fingerprint density at radius 1 is 0.897 bits per heavy atom. The van der Waals surface area contributed by atoms with E-state index in [-0.39, 0.29) is 18.4 Å². The molecule has 4 aromatic rings. The quantitative estimate of drug-likeness (QED) is 0.343. The molecular weight excluding hydrogens is 492 g/mol. The number of carbonyl (C=O) groups is 2. The van der Waals surface area contributed by atoms with Crippen LogP contribution in [-0.2, 0) is 16.1 Å². The van der Waals surface area contributed by atoms with Gasteiger partial charge < -0.3 is 19.5 Å². The van der Waals surface area contributed by atoms with Gasteiger partial charge in [-0.25, -0.2) is 0 Å². The van der Waals surface area contributed by atoms with Crippen LogP contribution in [0.25, 0.3) is 0 Å². The van der Waals surface area contributed by atoms with E-state index >= 15 is 0 Å². The molecule has 0 saturated carbocycles. The Hall–Kier alpha value is -4.78. The van der Waals surface area contributed by atoms with Crippen LogP contribution in [-0.4, -0.2) is 31.6 Å². The Balaban J connectivity index is 1.49. The highest BCUT2D eigenvalue weighted by molar-refractivity contribution is 6.03. The van der Waals surface area contributed by atoms with Crippen molar-refractivity contribution in [2.24, 2.45) is 0 Å². The van der Waals surface area contributed by atoms with Crippen LogP contribution < -0.4 is 24.4 Å². The van der Waals surface area contributed by atoms with Crippen molar-refractivity contribution in [1.29, 1.82) is 0 Å². The predicted octanol–water partition coefficient (Wildman–Crippen LogP) is 5.23. The number of carbonyl (C=O) groups excluding carboxylic acids is 2. The van der Waals surface area contributed by atoms with Crippen LogP contribution in [0.5, 0.6) is 17.2 Å². The monoisotopic (exact) mass is 522 g/mol. The number of methoxy groups -OCH3 is 1. The molecule has 0 radical (unpaired) electrons. The lowest BCUT2D eigenvalue weighted by Crippen LogP contribution is -2.51. The Labute approximate surface area is 227 Å². The second kappa shape index (κ2) is 11.7. The first-order valence-electron chi connectivity index (χ1n) is 12.8. The van der Waals surface area contributed by atoms with Crippen molar-refractivity contribution in [2.45, 2.75) is 25.6 Å². The molecule has 2 amide bonds. The molecule has 1 aliphatic rings. The standard InChI is InChI=1S/C32H30N2O5/c1-22-12-16-24(17-13-22)30(31(35)33-20-23-14-18-26(37-2)19-15-23)34(25-8-4-3-5-9-25)32(36)29-21-38-27-10-6-7-11-28(27)39-29/h3-19,29-30H,20-21H2,1-2H3,(H,33,35)/t29-,30-/m1/s1. The van der Waals surface area contributed by atoms with Gasteiger partial charge in [0.25, 0.3) is 5.91 Å². The molecule has 2 atom stereocenters. The van der Waals surface area contributed by atoms with E-state index in [2.05, 4.69) is 5.32 Å². The number of hydrogen-bond donors (Lipinski definition) is 1. The molecule has 0 fully saturated rings. The van der Waals surface area contributed by atoms with Crippen LogP contribution >= 0.6 is 0 Å². The van der Waals surface area contributed by atoms with Crippen molar-refractivity contribution >= 4 is 17.5 Å². The van der Waals surface area contributed by atoms with E-state index in [0.29, 0.717) is 29.3 Å². The highest BCUT2D eigenvalue weighted by Crippen LogP contribution is 2.34. The summed E-state index contributed by atoms with van der Waals surface area (Å²) in [5.41, 5.74) is 3.22. The number of fused-ring (bicyclic) bond motifs is 1. The van der Waals surface area contributed by atoms with E-state index in [4.69, 9.17) is 14.2 Å². The lowest BCUT2D eigenvalue weighted by Gasteiger charge is -2.35. The van der Waals surface area contributed by atoms with Crippen LogP contribution in [0.4, 0.5) is 5.69 Å². The summed E-state index contributed by atoms with van der Waals surface area (Å²) in [5, 5.41) is 3.03. The summed E-state index contributed by atoms with van der Waals surface area (Å²) in [5.74, 6) is 1.12. The number of benzene rings is 4. The van der Waals surface area contributed by atoms with E-state index in [1.165, 1.54) is 4.90 Å². The number of hydrogen-bond acceptors (Lipinski definition) is 5. The fourth-order valence-electron chi connectivity index (χ4n) is 4.48. The Morgan fingerprint density at radius 2 is 1.56 bits per heavy atom. The van der Waals surface area contributed by atoms with E-state index in [9.17, 15) is 9.59 Å². The number of para-hydroxylation sites is 3. The largest absolute Gasteiger partial charge is 0.497 e. The van der Waals surface area contributed by atoms with E-state index < -0.39 is 12.1 Å². The number of ether oxygens (including phenoxy) is 3. The zero-order valence-electron chi connectivity index (χ0n) is 21.9. The molecule has 0 bridgehead atoms. The molecular formula is C32H30N2O5. The number of anilines is 1. The van der Waals surface area contributed by atoms with Crippen LogP contribution in [0.1, 0.15) is 22.7 Å². The molecule has 1 aliphatic heterocycles. The minimum atomic E-state index is -0.945. The van der Waals surface area contributed by atoms with Gasteiger partial charge in [-0.3, -0.25) is 14.5 Å². The zero-order chi connectivity index (χ0) is 27.2. The summed E-state index contributed by atoms with van der Waals surface area (Å²) in [4.78, 5) is 29.6. The maximum atomic E-state index is 14.2. The molecule has 0 aliphatic carbocycles. The molecule has 198 valence electrons.